The molecule has 102 valence electrons. The molecule has 1 heterocycles. The Hall–Kier alpha value is -1.90. The number of ether oxygens (including phenoxy) is 1. The third kappa shape index (κ3) is 1.99. The Labute approximate surface area is 111 Å². The van der Waals surface area contributed by atoms with Crippen LogP contribution in [0.2, 0.25) is 0 Å². The van der Waals surface area contributed by atoms with E-state index in [0.717, 1.165) is 12.8 Å². The monoisotopic (exact) mass is 264 g/mol. The first-order valence-corrected chi connectivity index (χ1v) is 6.48. The number of esters is 1. The number of nitrogens with one attached hydrogen (secondary N) is 1. The van der Waals surface area contributed by atoms with Crippen LogP contribution in [0.25, 0.3) is 0 Å². The van der Waals surface area contributed by atoms with E-state index in [2.05, 4.69) is 5.32 Å². The van der Waals surface area contributed by atoms with Gasteiger partial charge in [-0.1, -0.05) is 12.8 Å². The minimum absolute atomic E-state index is 0.170. The van der Waals surface area contributed by atoms with Gasteiger partial charge in [-0.15, -0.1) is 0 Å². The Balaban J connectivity index is 2.43. The van der Waals surface area contributed by atoms with Crippen molar-refractivity contribution in [2.24, 2.45) is 17.3 Å². The number of nitrogens with zero attached hydrogens (tertiary/aromatic N) is 1. The number of carbonyl (C=O) groups is 3. The zero-order chi connectivity index (χ0) is 14.0. The second-order valence-electron chi connectivity index (χ2n) is 5.04. The lowest BCUT2D eigenvalue weighted by Crippen LogP contribution is -2.59. The van der Waals surface area contributed by atoms with Gasteiger partial charge in [0, 0.05) is 5.41 Å². The predicted octanol–water partition coefficient (Wildman–Crippen LogP) is 0.522. The van der Waals surface area contributed by atoms with Gasteiger partial charge >= 0.3 is 5.97 Å². The van der Waals surface area contributed by atoms with Crippen LogP contribution < -0.4 is 5.32 Å². The van der Waals surface area contributed by atoms with Crippen LogP contribution in [0.5, 0.6) is 0 Å². The molecule has 6 nitrogen and oxygen atoms in total. The molecule has 2 amide bonds. The van der Waals surface area contributed by atoms with Crippen LogP contribution >= 0.6 is 0 Å². The summed E-state index contributed by atoms with van der Waals surface area (Å²) in [4.78, 5) is 35.9. The van der Waals surface area contributed by atoms with Crippen molar-refractivity contribution in [2.45, 2.75) is 32.6 Å². The Kier molecular flexibility index (Phi) is 3.56. The molecule has 2 rings (SSSR count). The highest BCUT2D eigenvalue weighted by atomic mass is 16.5. The van der Waals surface area contributed by atoms with Gasteiger partial charge in [-0.25, -0.2) is 0 Å². The van der Waals surface area contributed by atoms with Gasteiger partial charge in [-0.05, 0) is 19.8 Å². The molecule has 1 saturated carbocycles. The van der Waals surface area contributed by atoms with Gasteiger partial charge in [0.2, 0.25) is 11.8 Å². The molecule has 1 N–H and O–H groups in total. The van der Waals surface area contributed by atoms with Crippen molar-refractivity contribution < 1.29 is 19.1 Å². The van der Waals surface area contributed by atoms with Crippen LogP contribution in [0, 0.1) is 28.6 Å². The summed E-state index contributed by atoms with van der Waals surface area (Å²) in [6, 6.07) is 1.96. The highest BCUT2D eigenvalue weighted by molar-refractivity contribution is 6.10. The molecule has 19 heavy (non-hydrogen) atoms. The number of imide groups is 1. The minimum atomic E-state index is -1.04. The summed E-state index contributed by atoms with van der Waals surface area (Å²) in [6.07, 6.45) is 2.70. The molecule has 1 aliphatic heterocycles. The molecular formula is C13H16N2O4. The fourth-order valence-corrected chi connectivity index (χ4v) is 3.32. The van der Waals surface area contributed by atoms with Gasteiger partial charge in [0.25, 0.3) is 0 Å². The first-order valence-electron chi connectivity index (χ1n) is 6.48. The van der Waals surface area contributed by atoms with E-state index < -0.39 is 35.0 Å². The predicted molar refractivity (Wildman–Crippen MR) is 63.3 cm³/mol. The van der Waals surface area contributed by atoms with Crippen LogP contribution in [0.1, 0.15) is 32.6 Å². The first kappa shape index (κ1) is 13.5. The number of amides is 2. The Morgan fingerprint density at radius 2 is 2.05 bits per heavy atom. The van der Waals surface area contributed by atoms with E-state index in [-0.39, 0.29) is 6.61 Å². The van der Waals surface area contributed by atoms with Crippen molar-refractivity contribution in [3.63, 3.8) is 0 Å². The molecule has 2 aliphatic rings. The zero-order valence-corrected chi connectivity index (χ0v) is 10.8. The summed E-state index contributed by atoms with van der Waals surface area (Å²) in [5.74, 6) is -3.85. The lowest BCUT2D eigenvalue weighted by molar-refractivity contribution is -0.165. The van der Waals surface area contributed by atoms with Crippen molar-refractivity contribution in [1.82, 2.24) is 5.32 Å². The van der Waals surface area contributed by atoms with E-state index in [0.29, 0.717) is 12.8 Å². The fourth-order valence-electron chi connectivity index (χ4n) is 3.32. The molecule has 0 radical (unpaired) electrons. The smallest absolute Gasteiger partial charge is 0.319 e. The second-order valence-corrected chi connectivity index (χ2v) is 5.04. The topological polar surface area (TPSA) is 96.3 Å². The van der Waals surface area contributed by atoms with E-state index in [9.17, 15) is 19.6 Å². The van der Waals surface area contributed by atoms with E-state index in [1.54, 1.807) is 6.92 Å². The lowest BCUT2D eigenvalue weighted by Gasteiger charge is -2.41. The Morgan fingerprint density at radius 3 is 2.58 bits per heavy atom. The Bertz CT molecular complexity index is 460. The molecule has 2 unspecified atom stereocenters. The van der Waals surface area contributed by atoms with Crippen LogP contribution in [0.15, 0.2) is 0 Å². The molecule has 0 aromatic rings. The Morgan fingerprint density at radius 1 is 1.42 bits per heavy atom. The quantitative estimate of drug-likeness (QED) is 0.445. The van der Waals surface area contributed by atoms with Gasteiger partial charge in [-0.3, -0.25) is 19.7 Å². The fraction of sp³-hybridized carbons (Fsp3) is 0.692. The minimum Gasteiger partial charge on any atom is -0.465 e. The summed E-state index contributed by atoms with van der Waals surface area (Å²) in [6.45, 7) is 1.83. The standard InChI is InChI=1S/C13H16N2O4/c1-2-19-12(18)9-11(17)15-10(16)8(7-14)13(9)5-3-4-6-13/h8-9H,2-6H2,1H3,(H,15,16,17). The van der Waals surface area contributed by atoms with Crippen LogP contribution in [-0.2, 0) is 19.1 Å². The molecule has 1 spiro atoms. The van der Waals surface area contributed by atoms with Crippen molar-refractivity contribution in [3.8, 4) is 6.07 Å². The number of nitriles is 1. The van der Waals surface area contributed by atoms with Crippen LogP contribution in [0.4, 0.5) is 0 Å². The highest BCUT2D eigenvalue weighted by Crippen LogP contribution is 2.52. The summed E-state index contributed by atoms with van der Waals surface area (Å²) in [5, 5.41) is 11.3. The molecule has 2 fully saturated rings. The van der Waals surface area contributed by atoms with Crippen LogP contribution in [-0.4, -0.2) is 24.4 Å². The van der Waals surface area contributed by atoms with Gasteiger partial charge in [-0.2, -0.15) is 5.26 Å². The van der Waals surface area contributed by atoms with Gasteiger partial charge < -0.3 is 4.74 Å². The van der Waals surface area contributed by atoms with Crippen molar-refractivity contribution in [2.75, 3.05) is 6.61 Å². The van der Waals surface area contributed by atoms with Gasteiger partial charge in [0.15, 0.2) is 0 Å². The zero-order valence-electron chi connectivity index (χ0n) is 10.8. The molecule has 2 atom stereocenters. The largest absolute Gasteiger partial charge is 0.465 e. The van der Waals surface area contributed by atoms with Gasteiger partial charge in [0.05, 0.1) is 12.7 Å². The van der Waals surface area contributed by atoms with E-state index >= 15 is 0 Å². The normalized spacial score (nSPS) is 28.8. The molecule has 0 bridgehead atoms. The van der Waals surface area contributed by atoms with Crippen LogP contribution in [0.3, 0.4) is 0 Å². The number of hydrogen-bond donors (Lipinski definition) is 1. The number of piperidine rings is 1. The first-order chi connectivity index (χ1) is 9.06. The molecule has 1 saturated heterocycles. The molecule has 0 aromatic carbocycles. The average Bonchev–Trinajstić information content (AvgIpc) is 2.79. The summed E-state index contributed by atoms with van der Waals surface area (Å²) in [7, 11) is 0. The van der Waals surface area contributed by atoms with Crippen molar-refractivity contribution in [3.05, 3.63) is 0 Å². The molecular weight excluding hydrogens is 248 g/mol. The third-order valence-corrected chi connectivity index (χ3v) is 4.11. The highest BCUT2D eigenvalue weighted by Gasteiger charge is 2.60. The van der Waals surface area contributed by atoms with Crippen molar-refractivity contribution in [1.29, 1.82) is 5.26 Å². The van der Waals surface area contributed by atoms with E-state index in [4.69, 9.17) is 4.74 Å². The molecule has 6 heteroatoms. The van der Waals surface area contributed by atoms with E-state index in [1.807, 2.05) is 6.07 Å². The molecule has 0 aromatic heterocycles. The lowest BCUT2D eigenvalue weighted by atomic mass is 9.63. The molecule has 1 aliphatic carbocycles. The van der Waals surface area contributed by atoms with E-state index in [1.165, 1.54) is 0 Å². The van der Waals surface area contributed by atoms with Gasteiger partial charge in [0.1, 0.15) is 11.8 Å². The summed E-state index contributed by atoms with van der Waals surface area (Å²) < 4.78 is 4.95. The third-order valence-electron chi connectivity index (χ3n) is 4.11. The summed E-state index contributed by atoms with van der Waals surface area (Å²) in [5.41, 5.74) is -0.875. The maximum absolute atomic E-state index is 12.0. The van der Waals surface area contributed by atoms with Crippen molar-refractivity contribution >= 4 is 17.8 Å². The summed E-state index contributed by atoms with van der Waals surface area (Å²) >= 11 is 0. The second kappa shape index (κ2) is 5.00. The number of carbonyl (C=O) groups excluding carboxylic acids is 3. The maximum Gasteiger partial charge on any atom is 0.319 e. The maximum atomic E-state index is 12.0. The number of rotatable bonds is 2. The average molecular weight is 264 g/mol. The number of hydrogen-bond acceptors (Lipinski definition) is 5. The SMILES string of the molecule is CCOC(=O)C1C(=O)NC(=O)C(C#N)C12CCCC2.